The van der Waals surface area contributed by atoms with Crippen molar-refractivity contribution in [3.63, 3.8) is 0 Å². The second-order valence-electron chi connectivity index (χ2n) is 4.69. The van der Waals surface area contributed by atoms with Crippen molar-refractivity contribution in [3.05, 3.63) is 22.2 Å². The molecule has 1 aromatic rings. The molecule has 0 saturated carbocycles. The monoisotopic (exact) mass is 392 g/mol. The molecule has 3 atom stereocenters. The van der Waals surface area contributed by atoms with Crippen molar-refractivity contribution in [1.29, 1.82) is 0 Å². The van der Waals surface area contributed by atoms with E-state index in [0.717, 1.165) is 34.4 Å². The van der Waals surface area contributed by atoms with Crippen LogP contribution in [0.15, 0.2) is 16.6 Å². The number of hydrogen-bond acceptors (Lipinski definition) is 3. The summed E-state index contributed by atoms with van der Waals surface area (Å²) in [5, 5.41) is 0. The van der Waals surface area contributed by atoms with E-state index in [1.54, 1.807) is 14.2 Å². The fraction of sp³-hybridized carbons (Fsp3) is 0.571. The van der Waals surface area contributed by atoms with Crippen LogP contribution in [0.3, 0.4) is 0 Å². The van der Waals surface area contributed by atoms with E-state index in [-0.39, 0.29) is 10.9 Å². The molecule has 0 aromatic heterocycles. The Labute approximate surface area is 130 Å². The molecule has 5 heteroatoms. The van der Waals surface area contributed by atoms with Crippen molar-refractivity contribution >= 4 is 31.9 Å². The van der Waals surface area contributed by atoms with E-state index >= 15 is 0 Å². The predicted octanol–water partition coefficient (Wildman–Crippen LogP) is 4.47. The van der Waals surface area contributed by atoms with E-state index in [9.17, 15) is 0 Å². The Kier molecular flexibility index (Phi) is 5.15. The van der Waals surface area contributed by atoms with E-state index in [1.165, 1.54) is 0 Å². The Morgan fingerprint density at radius 3 is 2.37 bits per heavy atom. The van der Waals surface area contributed by atoms with Gasteiger partial charge in [-0.2, -0.15) is 0 Å². The molecular formula is C14H18Br2O3. The Balaban J connectivity index is 2.28. The minimum atomic E-state index is 0.145. The highest BCUT2D eigenvalue weighted by molar-refractivity contribution is 9.11. The first kappa shape index (κ1) is 15.1. The van der Waals surface area contributed by atoms with Gasteiger partial charge in [-0.25, -0.2) is 0 Å². The first-order chi connectivity index (χ1) is 9.06. The zero-order valence-electron chi connectivity index (χ0n) is 11.3. The summed E-state index contributed by atoms with van der Waals surface area (Å²) in [5.41, 5.74) is 1.12. The van der Waals surface area contributed by atoms with E-state index in [2.05, 4.69) is 38.8 Å². The van der Waals surface area contributed by atoms with Crippen LogP contribution in [0, 0.1) is 0 Å². The van der Waals surface area contributed by atoms with E-state index in [1.807, 2.05) is 12.1 Å². The average Bonchev–Trinajstić information content (AvgIpc) is 2.84. The van der Waals surface area contributed by atoms with E-state index in [0.29, 0.717) is 6.10 Å². The minimum absolute atomic E-state index is 0.145. The molecule has 1 aromatic carbocycles. The highest BCUT2D eigenvalue weighted by Gasteiger charge is 2.30. The summed E-state index contributed by atoms with van der Waals surface area (Å²) in [6.07, 6.45) is 2.71. The van der Waals surface area contributed by atoms with Gasteiger partial charge in [-0.3, -0.25) is 0 Å². The third kappa shape index (κ3) is 3.26. The molecule has 19 heavy (non-hydrogen) atoms. The molecule has 1 saturated heterocycles. The van der Waals surface area contributed by atoms with Crippen molar-refractivity contribution in [2.45, 2.75) is 36.8 Å². The van der Waals surface area contributed by atoms with Gasteiger partial charge in [0.1, 0.15) is 0 Å². The molecule has 106 valence electrons. The van der Waals surface area contributed by atoms with Gasteiger partial charge >= 0.3 is 0 Å². The summed E-state index contributed by atoms with van der Waals surface area (Å²) < 4.78 is 17.6. The van der Waals surface area contributed by atoms with Gasteiger partial charge in [-0.15, -0.1) is 0 Å². The van der Waals surface area contributed by atoms with Crippen molar-refractivity contribution in [2.75, 3.05) is 14.2 Å². The molecule has 1 fully saturated rings. The molecule has 0 aliphatic carbocycles. The van der Waals surface area contributed by atoms with E-state index < -0.39 is 0 Å². The van der Waals surface area contributed by atoms with Crippen LogP contribution in [0.2, 0.25) is 0 Å². The van der Waals surface area contributed by atoms with Gasteiger partial charge in [0.15, 0.2) is 11.5 Å². The van der Waals surface area contributed by atoms with Gasteiger partial charge in [0.05, 0.1) is 31.3 Å². The zero-order valence-corrected chi connectivity index (χ0v) is 14.5. The number of halogens is 2. The number of alkyl halides is 1. The first-order valence-corrected chi connectivity index (χ1v) is 7.98. The van der Waals surface area contributed by atoms with Crippen molar-refractivity contribution in [1.82, 2.24) is 0 Å². The van der Waals surface area contributed by atoms with Crippen LogP contribution < -0.4 is 9.47 Å². The minimum Gasteiger partial charge on any atom is -0.493 e. The molecule has 3 unspecified atom stereocenters. The fourth-order valence-corrected chi connectivity index (χ4v) is 3.97. The second kappa shape index (κ2) is 6.46. The summed E-state index contributed by atoms with van der Waals surface area (Å²) in [6, 6.07) is 3.93. The number of methoxy groups -OCH3 is 2. The Hall–Kier alpha value is -0.260. The maximum absolute atomic E-state index is 5.92. The molecule has 1 heterocycles. The lowest BCUT2D eigenvalue weighted by atomic mass is 10.0. The Morgan fingerprint density at radius 1 is 1.21 bits per heavy atom. The molecular weight excluding hydrogens is 376 g/mol. The van der Waals surface area contributed by atoms with Gasteiger partial charge < -0.3 is 14.2 Å². The van der Waals surface area contributed by atoms with Crippen LogP contribution in [0.5, 0.6) is 11.5 Å². The predicted molar refractivity (Wildman–Crippen MR) is 82.5 cm³/mol. The maximum Gasteiger partial charge on any atom is 0.161 e. The summed E-state index contributed by atoms with van der Waals surface area (Å²) in [7, 11) is 3.28. The molecule has 1 aliphatic heterocycles. The quantitative estimate of drug-likeness (QED) is 0.706. The van der Waals surface area contributed by atoms with Crippen LogP contribution >= 0.6 is 31.9 Å². The summed E-state index contributed by atoms with van der Waals surface area (Å²) >= 11 is 7.34. The molecule has 3 nitrogen and oxygen atoms in total. The van der Waals surface area contributed by atoms with Gasteiger partial charge in [-0.1, -0.05) is 31.9 Å². The Morgan fingerprint density at radius 2 is 1.84 bits per heavy atom. The lowest BCUT2D eigenvalue weighted by Crippen LogP contribution is -2.15. The molecule has 0 spiro atoms. The number of ether oxygens (including phenoxy) is 3. The van der Waals surface area contributed by atoms with Crippen LogP contribution in [-0.2, 0) is 4.74 Å². The van der Waals surface area contributed by atoms with E-state index in [4.69, 9.17) is 14.2 Å². The summed E-state index contributed by atoms with van der Waals surface area (Å²) in [6.45, 7) is 2.11. The lowest BCUT2D eigenvalue weighted by molar-refractivity contribution is 0.0555. The molecule has 0 bridgehead atoms. The molecule has 2 rings (SSSR count). The lowest BCUT2D eigenvalue weighted by Gasteiger charge is -2.21. The van der Waals surface area contributed by atoms with Crippen molar-refractivity contribution in [3.8, 4) is 11.5 Å². The highest BCUT2D eigenvalue weighted by Crippen LogP contribution is 2.43. The van der Waals surface area contributed by atoms with Crippen LogP contribution in [0.4, 0.5) is 0 Å². The van der Waals surface area contributed by atoms with Gasteiger partial charge in [0.2, 0.25) is 0 Å². The second-order valence-corrected chi connectivity index (χ2v) is 6.53. The van der Waals surface area contributed by atoms with Crippen LogP contribution in [0.25, 0.3) is 0 Å². The molecule has 0 amide bonds. The van der Waals surface area contributed by atoms with Crippen LogP contribution in [-0.4, -0.2) is 26.4 Å². The van der Waals surface area contributed by atoms with Gasteiger partial charge in [0.25, 0.3) is 0 Å². The normalized spacial score (nSPS) is 24.3. The smallest absolute Gasteiger partial charge is 0.161 e. The van der Waals surface area contributed by atoms with Gasteiger partial charge in [-0.05, 0) is 37.5 Å². The third-order valence-electron chi connectivity index (χ3n) is 3.39. The third-order valence-corrected chi connectivity index (χ3v) is 5.16. The number of hydrogen-bond donors (Lipinski definition) is 0. The zero-order chi connectivity index (χ0) is 14.0. The molecule has 0 radical (unpaired) electrons. The average molecular weight is 394 g/mol. The van der Waals surface area contributed by atoms with Crippen molar-refractivity contribution < 1.29 is 14.2 Å². The van der Waals surface area contributed by atoms with Gasteiger partial charge in [0, 0.05) is 4.47 Å². The Bertz CT molecular complexity index is 451. The van der Waals surface area contributed by atoms with Crippen LogP contribution in [0.1, 0.15) is 30.2 Å². The molecule has 0 N–H and O–H groups in total. The summed E-state index contributed by atoms with van der Waals surface area (Å²) in [5.74, 6) is 1.45. The van der Waals surface area contributed by atoms with Crippen molar-refractivity contribution in [2.24, 2.45) is 0 Å². The fourth-order valence-electron chi connectivity index (χ4n) is 2.33. The largest absolute Gasteiger partial charge is 0.493 e. The first-order valence-electron chi connectivity index (χ1n) is 6.27. The topological polar surface area (TPSA) is 27.7 Å². The maximum atomic E-state index is 5.92. The highest BCUT2D eigenvalue weighted by atomic mass is 79.9. The number of benzene rings is 1. The number of rotatable bonds is 4. The standard InChI is InChI=1S/C14H18Br2O3/c1-8-4-5-11(19-8)14(16)9-6-12(17-2)13(18-3)7-10(9)15/h6-8,11,14H,4-5H2,1-3H3. The summed E-state index contributed by atoms with van der Waals surface area (Å²) in [4.78, 5) is 0.145. The SMILES string of the molecule is COc1cc(Br)c(C(Br)C2CCC(C)O2)cc1OC. The molecule has 1 aliphatic rings.